The van der Waals surface area contributed by atoms with Crippen LogP contribution >= 0.6 is 15.9 Å². The van der Waals surface area contributed by atoms with Gasteiger partial charge in [0.15, 0.2) is 11.5 Å². The maximum absolute atomic E-state index is 9.25. The van der Waals surface area contributed by atoms with E-state index in [4.69, 9.17) is 9.47 Å². The van der Waals surface area contributed by atoms with Gasteiger partial charge in [-0.2, -0.15) is 0 Å². The highest BCUT2D eigenvalue weighted by atomic mass is 79.9. The fourth-order valence-corrected chi connectivity index (χ4v) is 2.34. The summed E-state index contributed by atoms with van der Waals surface area (Å²) in [5, 5.41) is 12.4. The summed E-state index contributed by atoms with van der Waals surface area (Å²) in [6.07, 6.45) is -0.266. The number of hydrogen-bond acceptors (Lipinski definition) is 4. The first-order valence-electron chi connectivity index (χ1n) is 6.94. The van der Waals surface area contributed by atoms with Gasteiger partial charge < -0.3 is 19.9 Å². The Bertz CT molecular complexity index is 422. The Balaban J connectivity index is 2.88. The van der Waals surface area contributed by atoms with Crippen molar-refractivity contribution >= 4 is 15.9 Å². The molecule has 1 unspecified atom stereocenters. The normalized spacial score (nSPS) is 12.6. The van der Waals surface area contributed by atoms with Gasteiger partial charge in [-0.25, -0.2) is 0 Å². The molecular formula is C15H24BrNO3. The minimum atomic E-state index is -0.353. The Morgan fingerprint density at radius 3 is 2.55 bits per heavy atom. The molecule has 0 heterocycles. The van der Waals surface area contributed by atoms with Crippen molar-refractivity contribution in [1.82, 2.24) is 5.32 Å². The maximum atomic E-state index is 9.25. The zero-order valence-electron chi connectivity index (χ0n) is 12.6. The van der Waals surface area contributed by atoms with Crippen LogP contribution in [0.4, 0.5) is 0 Å². The van der Waals surface area contributed by atoms with Gasteiger partial charge in [0.1, 0.15) is 0 Å². The van der Waals surface area contributed by atoms with Gasteiger partial charge in [-0.1, -0.05) is 0 Å². The highest BCUT2D eigenvalue weighted by molar-refractivity contribution is 9.10. The predicted molar refractivity (Wildman–Crippen MR) is 84.5 cm³/mol. The van der Waals surface area contributed by atoms with E-state index in [1.165, 1.54) is 0 Å². The number of rotatable bonds is 8. The molecule has 114 valence electrons. The number of hydrogen-bond donors (Lipinski definition) is 2. The van der Waals surface area contributed by atoms with Crippen molar-refractivity contribution in [3.63, 3.8) is 0 Å². The molecule has 0 fully saturated rings. The van der Waals surface area contributed by atoms with E-state index in [1.54, 1.807) is 6.92 Å². The van der Waals surface area contributed by atoms with Gasteiger partial charge in [-0.3, -0.25) is 0 Å². The second-order valence-corrected chi connectivity index (χ2v) is 5.84. The molecular weight excluding hydrogens is 322 g/mol. The molecule has 1 atom stereocenters. The molecule has 0 aliphatic rings. The first kappa shape index (κ1) is 17.3. The van der Waals surface area contributed by atoms with Crippen LogP contribution in [0.3, 0.4) is 0 Å². The highest BCUT2D eigenvalue weighted by Gasteiger charge is 2.13. The fourth-order valence-electron chi connectivity index (χ4n) is 1.76. The lowest BCUT2D eigenvalue weighted by Gasteiger charge is -2.17. The topological polar surface area (TPSA) is 50.7 Å². The van der Waals surface area contributed by atoms with Gasteiger partial charge >= 0.3 is 0 Å². The van der Waals surface area contributed by atoms with Gasteiger partial charge in [-0.05, 0) is 61.3 Å². The van der Waals surface area contributed by atoms with Crippen molar-refractivity contribution < 1.29 is 14.6 Å². The minimum Gasteiger partial charge on any atom is -0.490 e. The highest BCUT2D eigenvalue weighted by Crippen LogP contribution is 2.37. The molecule has 1 rings (SSSR count). The van der Waals surface area contributed by atoms with E-state index in [0.29, 0.717) is 19.7 Å². The molecule has 0 aliphatic carbocycles. The van der Waals surface area contributed by atoms with Crippen molar-refractivity contribution in [2.45, 2.75) is 46.4 Å². The van der Waals surface area contributed by atoms with Crippen LogP contribution in [-0.2, 0) is 6.54 Å². The molecule has 0 spiro atoms. The number of halogens is 1. The van der Waals surface area contributed by atoms with Crippen LogP contribution < -0.4 is 14.8 Å². The summed E-state index contributed by atoms with van der Waals surface area (Å²) in [5.74, 6) is 1.48. The van der Waals surface area contributed by atoms with Crippen molar-refractivity contribution in [2.24, 2.45) is 0 Å². The summed E-state index contributed by atoms with van der Waals surface area (Å²) in [6, 6.07) is 3.98. The molecule has 1 aromatic rings. The Labute approximate surface area is 129 Å². The van der Waals surface area contributed by atoms with Crippen molar-refractivity contribution in [3.8, 4) is 11.5 Å². The standard InChI is InChI=1S/C15H24BrNO3/c1-5-19-14-7-12(9-17-8-11(4)18)6-13(16)15(14)20-10(2)3/h6-7,10-11,17-18H,5,8-9H2,1-4H3. The van der Waals surface area contributed by atoms with Crippen LogP contribution in [0.2, 0.25) is 0 Å². The van der Waals surface area contributed by atoms with Crippen LogP contribution in [0.1, 0.15) is 33.3 Å². The molecule has 4 nitrogen and oxygen atoms in total. The van der Waals surface area contributed by atoms with E-state index < -0.39 is 0 Å². The van der Waals surface area contributed by atoms with E-state index in [-0.39, 0.29) is 12.2 Å². The van der Waals surface area contributed by atoms with E-state index in [0.717, 1.165) is 21.5 Å². The SMILES string of the molecule is CCOc1cc(CNCC(C)O)cc(Br)c1OC(C)C. The molecule has 2 N–H and O–H groups in total. The third kappa shape index (κ3) is 5.69. The zero-order valence-corrected chi connectivity index (χ0v) is 14.2. The van der Waals surface area contributed by atoms with Gasteiger partial charge in [0.2, 0.25) is 0 Å². The average molecular weight is 346 g/mol. The van der Waals surface area contributed by atoms with Crippen LogP contribution in [0, 0.1) is 0 Å². The van der Waals surface area contributed by atoms with E-state index >= 15 is 0 Å². The van der Waals surface area contributed by atoms with Crippen molar-refractivity contribution in [3.05, 3.63) is 22.2 Å². The zero-order chi connectivity index (χ0) is 15.1. The minimum absolute atomic E-state index is 0.0877. The summed E-state index contributed by atoms with van der Waals surface area (Å²) in [6.45, 7) is 9.50. The van der Waals surface area contributed by atoms with Crippen molar-refractivity contribution in [2.75, 3.05) is 13.2 Å². The van der Waals surface area contributed by atoms with Crippen LogP contribution in [0.25, 0.3) is 0 Å². The molecule has 0 amide bonds. The molecule has 1 aromatic carbocycles. The number of ether oxygens (including phenoxy) is 2. The van der Waals surface area contributed by atoms with E-state index in [9.17, 15) is 5.11 Å². The largest absolute Gasteiger partial charge is 0.490 e. The quantitative estimate of drug-likeness (QED) is 0.760. The monoisotopic (exact) mass is 345 g/mol. The number of aliphatic hydroxyl groups is 1. The third-order valence-corrected chi connectivity index (χ3v) is 3.08. The van der Waals surface area contributed by atoms with Gasteiger partial charge in [0.25, 0.3) is 0 Å². The lowest BCUT2D eigenvalue weighted by atomic mass is 10.2. The molecule has 5 heteroatoms. The molecule has 0 aliphatic heterocycles. The summed E-state index contributed by atoms with van der Waals surface area (Å²) < 4.78 is 12.3. The number of aliphatic hydroxyl groups excluding tert-OH is 1. The maximum Gasteiger partial charge on any atom is 0.175 e. The summed E-state index contributed by atoms with van der Waals surface area (Å²) in [4.78, 5) is 0. The summed E-state index contributed by atoms with van der Waals surface area (Å²) >= 11 is 3.54. The summed E-state index contributed by atoms with van der Waals surface area (Å²) in [7, 11) is 0. The summed E-state index contributed by atoms with van der Waals surface area (Å²) in [5.41, 5.74) is 1.08. The second-order valence-electron chi connectivity index (χ2n) is 4.98. The van der Waals surface area contributed by atoms with Crippen LogP contribution in [-0.4, -0.2) is 30.5 Å². The molecule has 20 heavy (non-hydrogen) atoms. The lowest BCUT2D eigenvalue weighted by molar-refractivity contribution is 0.191. The molecule has 0 aromatic heterocycles. The predicted octanol–water partition coefficient (Wildman–Crippen LogP) is 3.11. The van der Waals surface area contributed by atoms with E-state index in [2.05, 4.69) is 21.2 Å². The molecule has 0 bridgehead atoms. The molecule has 0 saturated carbocycles. The van der Waals surface area contributed by atoms with Crippen LogP contribution in [0.15, 0.2) is 16.6 Å². The van der Waals surface area contributed by atoms with E-state index in [1.807, 2.05) is 32.9 Å². The van der Waals surface area contributed by atoms with Gasteiger partial charge in [0.05, 0.1) is 23.3 Å². The molecule has 0 saturated heterocycles. The first-order chi connectivity index (χ1) is 9.43. The van der Waals surface area contributed by atoms with Gasteiger partial charge in [-0.15, -0.1) is 0 Å². The Morgan fingerprint density at radius 1 is 1.30 bits per heavy atom. The Morgan fingerprint density at radius 2 is 2.00 bits per heavy atom. The Hall–Kier alpha value is -0.780. The van der Waals surface area contributed by atoms with Gasteiger partial charge in [0, 0.05) is 13.1 Å². The number of nitrogens with one attached hydrogen (secondary N) is 1. The third-order valence-electron chi connectivity index (χ3n) is 2.49. The second kappa shape index (κ2) is 8.49. The first-order valence-corrected chi connectivity index (χ1v) is 7.74. The average Bonchev–Trinajstić information content (AvgIpc) is 2.33. The molecule has 0 radical (unpaired) electrons. The fraction of sp³-hybridized carbons (Fsp3) is 0.600. The number of benzene rings is 1. The van der Waals surface area contributed by atoms with Crippen molar-refractivity contribution in [1.29, 1.82) is 0 Å². The lowest BCUT2D eigenvalue weighted by Crippen LogP contribution is -2.23. The Kier molecular flexibility index (Phi) is 7.34. The van der Waals surface area contributed by atoms with Crippen LogP contribution in [0.5, 0.6) is 11.5 Å². The smallest absolute Gasteiger partial charge is 0.175 e.